The zero-order valence-corrected chi connectivity index (χ0v) is 17.6. The van der Waals surface area contributed by atoms with E-state index in [0.717, 1.165) is 25.1 Å². The minimum absolute atomic E-state index is 0. The second-order valence-electron chi connectivity index (χ2n) is 6.42. The van der Waals surface area contributed by atoms with Crippen molar-refractivity contribution in [3.05, 3.63) is 30.3 Å². The predicted molar refractivity (Wildman–Crippen MR) is 113 cm³/mol. The molecule has 27 heavy (non-hydrogen) atoms. The zero-order valence-electron chi connectivity index (χ0n) is 16.0. The maximum absolute atomic E-state index is 12.9. The van der Waals surface area contributed by atoms with E-state index < -0.39 is 6.04 Å². The third kappa shape index (κ3) is 7.99. The van der Waals surface area contributed by atoms with Crippen LogP contribution >= 0.6 is 24.2 Å². The largest absolute Gasteiger partial charge is 0.484 e. The molecule has 2 amide bonds. The molecule has 0 aliphatic carbocycles. The monoisotopic (exact) mass is 415 g/mol. The van der Waals surface area contributed by atoms with Crippen LogP contribution in [0.1, 0.15) is 19.3 Å². The first-order valence-electron chi connectivity index (χ1n) is 9.06. The average molecular weight is 416 g/mol. The van der Waals surface area contributed by atoms with E-state index >= 15 is 0 Å². The van der Waals surface area contributed by atoms with Crippen LogP contribution in [0, 0.1) is 0 Å². The van der Waals surface area contributed by atoms with E-state index in [1.54, 1.807) is 23.9 Å². The minimum Gasteiger partial charge on any atom is -0.484 e. The summed E-state index contributed by atoms with van der Waals surface area (Å²) in [6.07, 6.45) is 4.68. The van der Waals surface area contributed by atoms with Gasteiger partial charge in [0.15, 0.2) is 6.61 Å². The van der Waals surface area contributed by atoms with E-state index in [1.807, 2.05) is 36.4 Å². The van der Waals surface area contributed by atoms with Crippen molar-refractivity contribution < 1.29 is 14.3 Å². The lowest BCUT2D eigenvalue weighted by Crippen LogP contribution is -2.54. The van der Waals surface area contributed by atoms with Gasteiger partial charge in [-0.05, 0) is 50.5 Å². The molecule has 6 nitrogen and oxygen atoms in total. The highest BCUT2D eigenvalue weighted by Gasteiger charge is 2.29. The molecule has 2 atom stereocenters. The van der Waals surface area contributed by atoms with Crippen LogP contribution in [0.5, 0.6) is 5.75 Å². The molecule has 2 rings (SSSR count). The molecule has 8 heteroatoms. The van der Waals surface area contributed by atoms with Gasteiger partial charge in [0.2, 0.25) is 5.91 Å². The number of carbonyl (C=O) groups is 2. The van der Waals surface area contributed by atoms with Crippen LogP contribution in [0.3, 0.4) is 0 Å². The van der Waals surface area contributed by atoms with Crippen molar-refractivity contribution in [1.29, 1.82) is 0 Å². The highest BCUT2D eigenvalue weighted by molar-refractivity contribution is 7.98. The summed E-state index contributed by atoms with van der Waals surface area (Å²) in [5, 5.41) is 6.11. The first kappa shape index (κ1) is 23.6. The lowest BCUT2D eigenvalue weighted by molar-refractivity contribution is -0.138. The van der Waals surface area contributed by atoms with Gasteiger partial charge in [-0.25, -0.2) is 0 Å². The Hall–Kier alpha value is -1.44. The Kier molecular flexibility index (Phi) is 11.2. The lowest BCUT2D eigenvalue weighted by Gasteiger charge is -2.35. The van der Waals surface area contributed by atoms with Gasteiger partial charge in [0.05, 0.1) is 0 Å². The zero-order chi connectivity index (χ0) is 18.8. The third-order valence-corrected chi connectivity index (χ3v) is 5.14. The van der Waals surface area contributed by atoms with E-state index in [-0.39, 0.29) is 30.8 Å². The number of piperidine rings is 1. The molecule has 1 aromatic carbocycles. The quantitative estimate of drug-likeness (QED) is 0.645. The van der Waals surface area contributed by atoms with E-state index in [2.05, 4.69) is 10.6 Å². The van der Waals surface area contributed by atoms with Crippen LogP contribution in [0.2, 0.25) is 0 Å². The smallest absolute Gasteiger partial charge is 0.258 e. The highest BCUT2D eigenvalue weighted by Crippen LogP contribution is 2.13. The normalized spacial score (nSPS) is 17.6. The third-order valence-electron chi connectivity index (χ3n) is 4.50. The molecule has 1 saturated heterocycles. The van der Waals surface area contributed by atoms with Crippen LogP contribution in [0.4, 0.5) is 0 Å². The summed E-state index contributed by atoms with van der Waals surface area (Å²) in [6, 6.07) is 9.03. The summed E-state index contributed by atoms with van der Waals surface area (Å²) in [4.78, 5) is 27.0. The number of carbonyl (C=O) groups excluding carboxylic acids is 2. The summed E-state index contributed by atoms with van der Waals surface area (Å²) >= 11 is 1.67. The van der Waals surface area contributed by atoms with E-state index in [9.17, 15) is 9.59 Å². The Bertz CT molecular complexity index is 577. The van der Waals surface area contributed by atoms with Gasteiger partial charge < -0.3 is 20.3 Å². The molecule has 1 aromatic rings. The van der Waals surface area contributed by atoms with Crippen molar-refractivity contribution in [2.75, 3.05) is 38.8 Å². The molecule has 1 aliphatic heterocycles. The van der Waals surface area contributed by atoms with Crippen molar-refractivity contribution in [3.63, 3.8) is 0 Å². The average Bonchev–Trinajstić information content (AvgIpc) is 2.69. The Morgan fingerprint density at radius 3 is 2.74 bits per heavy atom. The molecular weight excluding hydrogens is 386 g/mol. The maximum Gasteiger partial charge on any atom is 0.258 e. The van der Waals surface area contributed by atoms with Crippen LogP contribution in [-0.4, -0.2) is 67.6 Å². The number of likely N-dealkylation sites (N-methyl/N-ethyl adjacent to an activating group) is 1. The van der Waals surface area contributed by atoms with E-state index in [4.69, 9.17) is 4.74 Å². The molecule has 1 aliphatic rings. The van der Waals surface area contributed by atoms with E-state index in [1.165, 1.54) is 0 Å². The van der Waals surface area contributed by atoms with Crippen LogP contribution in [0.15, 0.2) is 30.3 Å². The number of hydrogen-bond donors (Lipinski definition) is 2. The summed E-state index contributed by atoms with van der Waals surface area (Å²) in [5.74, 6) is 1.20. The Morgan fingerprint density at radius 1 is 1.33 bits per heavy atom. The molecule has 2 unspecified atom stereocenters. The predicted octanol–water partition coefficient (Wildman–Crippen LogP) is 1.94. The fourth-order valence-electron chi connectivity index (χ4n) is 3.03. The number of amides is 2. The molecule has 0 aromatic heterocycles. The number of halogens is 1. The van der Waals surface area contributed by atoms with Crippen LogP contribution < -0.4 is 15.4 Å². The van der Waals surface area contributed by atoms with Gasteiger partial charge in [0.1, 0.15) is 11.8 Å². The van der Waals surface area contributed by atoms with Crippen molar-refractivity contribution in [3.8, 4) is 5.75 Å². The lowest BCUT2D eigenvalue weighted by atomic mass is 10.0. The molecule has 0 spiro atoms. The molecule has 2 N–H and O–H groups in total. The van der Waals surface area contributed by atoms with Crippen LogP contribution in [-0.2, 0) is 9.59 Å². The Balaban J connectivity index is 0.00000364. The van der Waals surface area contributed by atoms with Gasteiger partial charge in [-0.2, -0.15) is 11.8 Å². The number of hydrogen-bond acceptors (Lipinski definition) is 5. The number of likely N-dealkylation sites (tertiary alicyclic amines) is 1. The number of ether oxygens (including phenoxy) is 1. The number of rotatable bonds is 9. The van der Waals surface area contributed by atoms with Gasteiger partial charge in [-0.15, -0.1) is 12.4 Å². The number of thioether (sulfide) groups is 1. The highest BCUT2D eigenvalue weighted by atomic mass is 35.5. The van der Waals surface area contributed by atoms with Crippen molar-refractivity contribution >= 4 is 36.0 Å². The number of nitrogens with zero attached hydrogens (tertiary/aromatic N) is 1. The number of benzene rings is 1. The van der Waals surface area contributed by atoms with Crippen molar-refractivity contribution in [2.45, 2.75) is 31.3 Å². The molecule has 0 bridgehead atoms. The second-order valence-corrected chi connectivity index (χ2v) is 7.40. The first-order chi connectivity index (χ1) is 12.6. The van der Waals surface area contributed by atoms with Crippen molar-refractivity contribution in [1.82, 2.24) is 15.5 Å². The number of para-hydroxylation sites is 1. The molecule has 152 valence electrons. The van der Waals surface area contributed by atoms with E-state index in [0.29, 0.717) is 24.8 Å². The summed E-state index contributed by atoms with van der Waals surface area (Å²) in [5.41, 5.74) is 0. The number of nitrogens with one attached hydrogen (secondary N) is 2. The van der Waals surface area contributed by atoms with Gasteiger partial charge in [-0.3, -0.25) is 9.59 Å². The van der Waals surface area contributed by atoms with Crippen molar-refractivity contribution in [2.24, 2.45) is 0 Å². The molecule has 0 radical (unpaired) electrons. The van der Waals surface area contributed by atoms with Gasteiger partial charge in [0.25, 0.3) is 5.91 Å². The summed E-state index contributed by atoms with van der Waals surface area (Å²) in [6.45, 7) is 1.36. The van der Waals surface area contributed by atoms with Gasteiger partial charge in [0, 0.05) is 19.1 Å². The molecular formula is C19H30ClN3O3S. The topological polar surface area (TPSA) is 70.7 Å². The first-order valence-corrected chi connectivity index (χ1v) is 10.5. The fraction of sp³-hybridized carbons (Fsp3) is 0.579. The minimum atomic E-state index is -0.495. The molecule has 1 fully saturated rings. The van der Waals surface area contributed by atoms with Gasteiger partial charge in [-0.1, -0.05) is 18.2 Å². The fourth-order valence-corrected chi connectivity index (χ4v) is 3.50. The van der Waals surface area contributed by atoms with Gasteiger partial charge >= 0.3 is 0 Å². The molecule has 1 heterocycles. The second kappa shape index (κ2) is 12.9. The summed E-state index contributed by atoms with van der Waals surface area (Å²) in [7, 11) is 1.92. The standard InChI is InChI=1S/C19H29N3O3S.ClH/c1-20-15-7-6-11-22(13-15)19(24)17(10-12-26-2)21-18(23)14-25-16-8-4-3-5-9-16;/h3-5,8-9,15,17,20H,6-7,10-14H2,1-2H3,(H,21,23);1H. The Morgan fingerprint density at radius 2 is 2.07 bits per heavy atom. The maximum atomic E-state index is 12.9. The molecule has 0 saturated carbocycles. The SMILES string of the molecule is CNC1CCCN(C(=O)C(CCSC)NC(=O)COc2ccccc2)C1.Cl. The Labute approximate surface area is 172 Å². The van der Waals surface area contributed by atoms with Crippen LogP contribution in [0.25, 0.3) is 0 Å². The summed E-state index contributed by atoms with van der Waals surface area (Å²) < 4.78 is 5.48.